The summed E-state index contributed by atoms with van der Waals surface area (Å²) in [6.45, 7) is 7.50. The largest absolute Gasteiger partial charge is 0.407 e. The first-order chi connectivity index (χ1) is 16.1. The van der Waals surface area contributed by atoms with Crippen molar-refractivity contribution in [3.8, 4) is 11.3 Å². The van der Waals surface area contributed by atoms with Crippen LogP contribution < -0.4 is 5.73 Å². The summed E-state index contributed by atoms with van der Waals surface area (Å²) in [5.41, 5.74) is 5.73. The number of amides is 2. The van der Waals surface area contributed by atoms with E-state index in [4.69, 9.17) is 23.9 Å². The number of primary amides is 1. The lowest BCUT2D eigenvalue weighted by Gasteiger charge is -2.28. The minimum atomic E-state index is -4.70. The van der Waals surface area contributed by atoms with Gasteiger partial charge in [-0.1, -0.05) is 41.9 Å². The summed E-state index contributed by atoms with van der Waals surface area (Å²) < 4.78 is 41.4. The molecule has 0 spiro atoms. The van der Waals surface area contributed by atoms with Gasteiger partial charge in [0.05, 0.1) is 42.9 Å². The molecule has 0 saturated carbocycles. The monoisotopic (exact) mass is 487 g/mol. The Kier molecular flexibility index (Phi) is 6.06. The van der Waals surface area contributed by atoms with Gasteiger partial charge in [0.1, 0.15) is 5.69 Å². The zero-order valence-electron chi connectivity index (χ0n) is 17.6. The number of carbonyl (C=O) groups is 2. The van der Waals surface area contributed by atoms with Gasteiger partial charge in [-0.2, -0.15) is 18.3 Å². The fraction of sp³-hybridized carbons (Fsp3) is 0.217. The average Bonchev–Trinajstić information content (AvgIpc) is 3.17. The normalized spacial score (nSPS) is 13.3. The van der Waals surface area contributed by atoms with Gasteiger partial charge in [-0.25, -0.2) is 4.85 Å². The molecule has 174 valence electrons. The highest BCUT2D eigenvalue weighted by molar-refractivity contribution is 6.30. The molecule has 0 fully saturated rings. The van der Waals surface area contributed by atoms with Crippen LogP contribution in [0.2, 0.25) is 5.02 Å². The fourth-order valence-electron chi connectivity index (χ4n) is 3.93. The molecule has 1 aliphatic rings. The third-order valence-corrected chi connectivity index (χ3v) is 5.75. The van der Waals surface area contributed by atoms with Crippen LogP contribution in [0.3, 0.4) is 0 Å². The van der Waals surface area contributed by atoms with E-state index >= 15 is 0 Å². The number of nitrogens with zero attached hydrogens (tertiary/aromatic N) is 4. The molecule has 2 N–H and O–H groups in total. The molecular weight excluding hydrogens is 471 g/mol. The summed E-state index contributed by atoms with van der Waals surface area (Å²) in [6.07, 6.45) is -4.99. The van der Waals surface area contributed by atoms with Crippen LogP contribution in [0.1, 0.15) is 27.2 Å². The Labute approximate surface area is 197 Å². The van der Waals surface area contributed by atoms with Gasteiger partial charge in [0.2, 0.25) is 5.91 Å². The molecular formula is C23H17ClF3N5O2. The van der Waals surface area contributed by atoms with Crippen LogP contribution in [0.4, 0.5) is 18.9 Å². The molecule has 0 bridgehead atoms. The molecule has 0 unspecified atom stereocenters. The second-order valence-electron chi connectivity index (χ2n) is 7.72. The highest BCUT2D eigenvalue weighted by Crippen LogP contribution is 2.37. The highest BCUT2D eigenvalue weighted by Gasteiger charge is 2.34. The van der Waals surface area contributed by atoms with Gasteiger partial charge < -0.3 is 10.6 Å². The minimum absolute atomic E-state index is 0.0247. The third kappa shape index (κ3) is 4.47. The molecule has 34 heavy (non-hydrogen) atoms. The lowest BCUT2D eigenvalue weighted by Crippen LogP contribution is -2.40. The van der Waals surface area contributed by atoms with E-state index in [1.54, 1.807) is 28.9 Å². The van der Waals surface area contributed by atoms with Crippen LogP contribution in [-0.2, 0) is 30.5 Å². The van der Waals surface area contributed by atoms with Gasteiger partial charge in [-0.15, -0.1) is 0 Å². The van der Waals surface area contributed by atoms with Crippen LogP contribution in [0.25, 0.3) is 16.1 Å². The molecule has 0 atom stereocenters. The molecule has 1 aromatic heterocycles. The number of hydrogen-bond acceptors (Lipinski definition) is 3. The topological polar surface area (TPSA) is 85.6 Å². The second kappa shape index (κ2) is 8.83. The molecule has 7 nitrogen and oxygen atoms in total. The van der Waals surface area contributed by atoms with Gasteiger partial charge in [0.25, 0.3) is 5.91 Å². The zero-order chi connectivity index (χ0) is 24.6. The van der Waals surface area contributed by atoms with E-state index in [-0.39, 0.29) is 37.2 Å². The Bertz CT molecular complexity index is 1340. The van der Waals surface area contributed by atoms with E-state index in [0.29, 0.717) is 22.0 Å². The van der Waals surface area contributed by atoms with Crippen molar-refractivity contribution in [2.75, 3.05) is 6.54 Å². The molecule has 4 rings (SSSR count). The summed E-state index contributed by atoms with van der Waals surface area (Å²) in [7, 11) is 0. The van der Waals surface area contributed by atoms with E-state index < -0.39 is 29.2 Å². The summed E-state index contributed by atoms with van der Waals surface area (Å²) in [5.74, 6) is -1.13. The molecule has 2 aromatic carbocycles. The van der Waals surface area contributed by atoms with E-state index in [1.165, 1.54) is 11.0 Å². The number of alkyl halides is 3. The molecule has 11 heteroatoms. The van der Waals surface area contributed by atoms with Gasteiger partial charge in [0, 0.05) is 17.1 Å². The van der Waals surface area contributed by atoms with Crippen molar-refractivity contribution in [1.29, 1.82) is 0 Å². The Morgan fingerprint density at radius 3 is 2.59 bits per heavy atom. The van der Waals surface area contributed by atoms with Gasteiger partial charge >= 0.3 is 6.18 Å². The molecule has 2 amide bonds. The number of rotatable bonds is 4. The summed E-state index contributed by atoms with van der Waals surface area (Å²) in [4.78, 5) is 29.5. The SMILES string of the molecule is [C-]#[N+]c1ccc(CC(=O)N2CCn3nc(-c4cccc(Cl)c4)c(C(N)=O)c3C2)cc1C(F)(F)F. The van der Waals surface area contributed by atoms with Crippen molar-refractivity contribution in [1.82, 2.24) is 14.7 Å². The number of hydrogen-bond donors (Lipinski definition) is 1. The van der Waals surface area contributed by atoms with Crippen molar-refractivity contribution in [3.05, 3.63) is 81.3 Å². The third-order valence-electron chi connectivity index (χ3n) is 5.52. The first-order valence-corrected chi connectivity index (χ1v) is 10.5. The van der Waals surface area contributed by atoms with Crippen LogP contribution >= 0.6 is 11.6 Å². The van der Waals surface area contributed by atoms with Crippen LogP contribution in [0.5, 0.6) is 0 Å². The Morgan fingerprint density at radius 1 is 1.18 bits per heavy atom. The first-order valence-electron chi connectivity index (χ1n) is 10.1. The standard InChI is InChI=1S/C23H17ClF3N5O2/c1-29-17-6-5-13(9-16(17)23(25,26)27)10-19(33)31-7-8-32-18(12-31)20(22(28)34)21(30-32)14-3-2-4-15(24)11-14/h2-6,9,11H,7-8,10,12H2,(H2,28,34). The lowest BCUT2D eigenvalue weighted by molar-refractivity contribution is -0.137. The number of aromatic nitrogens is 2. The van der Waals surface area contributed by atoms with Crippen molar-refractivity contribution in [2.45, 2.75) is 25.7 Å². The van der Waals surface area contributed by atoms with Crippen molar-refractivity contribution < 1.29 is 22.8 Å². The lowest BCUT2D eigenvalue weighted by atomic mass is 10.0. The van der Waals surface area contributed by atoms with Crippen LogP contribution in [-0.4, -0.2) is 33.0 Å². The van der Waals surface area contributed by atoms with Crippen molar-refractivity contribution in [2.24, 2.45) is 5.73 Å². The van der Waals surface area contributed by atoms with Crippen molar-refractivity contribution in [3.63, 3.8) is 0 Å². The smallest absolute Gasteiger partial charge is 0.365 e. The maximum Gasteiger partial charge on any atom is 0.407 e. The Morgan fingerprint density at radius 2 is 1.94 bits per heavy atom. The molecule has 2 heterocycles. The number of carbonyl (C=O) groups excluding carboxylic acids is 2. The van der Waals surface area contributed by atoms with Crippen LogP contribution in [0.15, 0.2) is 42.5 Å². The molecule has 3 aromatic rings. The first kappa shape index (κ1) is 23.3. The maximum absolute atomic E-state index is 13.3. The second-order valence-corrected chi connectivity index (χ2v) is 8.16. The van der Waals surface area contributed by atoms with E-state index in [1.807, 2.05) is 0 Å². The van der Waals surface area contributed by atoms with Gasteiger partial charge in [0.15, 0.2) is 5.69 Å². The quantitative estimate of drug-likeness (QED) is 0.551. The van der Waals surface area contributed by atoms with E-state index in [9.17, 15) is 22.8 Å². The summed E-state index contributed by atoms with van der Waals surface area (Å²) >= 11 is 6.06. The maximum atomic E-state index is 13.3. The number of fused-ring (bicyclic) bond motifs is 1. The molecule has 0 aliphatic carbocycles. The fourth-order valence-corrected chi connectivity index (χ4v) is 4.12. The summed E-state index contributed by atoms with van der Waals surface area (Å²) in [5, 5.41) is 4.94. The number of benzene rings is 2. The van der Waals surface area contributed by atoms with E-state index in [0.717, 1.165) is 12.1 Å². The molecule has 0 saturated heterocycles. The Balaban J connectivity index is 1.61. The summed E-state index contributed by atoms with van der Waals surface area (Å²) in [6, 6.07) is 10.0. The number of halogens is 4. The molecule has 0 radical (unpaired) electrons. The Hall–Kier alpha value is -3.84. The zero-order valence-corrected chi connectivity index (χ0v) is 18.3. The van der Waals surface area contributed by atoms with E-state index in [2.05, 4.69) is 9.94 Å². The highest BCUT2D eigenvalue weighted by atomic mass is 35.5. The predicted octanol–water partition coefficient (Wildman–Crippen LogP) is 4.46. The average molecular weight is 488 g/mol. The van der Waals surface area contributed by atoms with Crippen molar-refractivity contribution >= 4 is 29.1 Å². The minimum Gasteiger partial charge on any atom is -0.365 e. The van der Waals surface area contributed by atoms with Gasteiger partial charge in [-0.3, -0.25) is 14.3 Å². The van der Waals surface area contributed by atoms with Gasteiger partial charge in [-0.05, 0) is 17.7 Å². The number of nitrogens with two attached hydrogens (primary N) is 1. The predicted molar refractivity (Wildman–Crippen MR) is 118 cm³/mol. The van der Waals surface area contributed by atoms with Crippen LogP contribution in [0, 0.1) is 6.57 Å². The molecule has 1 aliphatic heterocycles.